The van der Waals surface area contributed by atoms with Crippen molar-refractivity contribution < 1.29 is 13.9 Å². The van der Waals surface area contributed by atoms with Gasteiger partial charge in [0.1, 0.15) is 0 Å². The van der Waals surface area contributed by atoms with E-state index in [1.807, 2.05) is 30.3 Å². The van der Waals surface area contributed by atoms with Crippen molar-refractivity contribution in [2.45, 2.75) is 0 Å². The van der Waals surface area contributed by atoms with Crippen LogP contribution < -0.4 is 14.4 Å². The molecule has 0 unspecified atom stereocenters. The van der Waals surface area contributed by atoms with Crippen LogP contribution in [0.5, 0.6) is 11.5 Å². The summed E-state index contributed by atoms with van der Waals surface area (Å²) in [6, 6.07) is 16.5. The minimum atomic E-state index is -2.95. The highest BCUT2D eigenvalue weighted by Crippen LogP contribution is 2.62. The molecular weight excluding hydrogens is 223 g/mol. The van der Waals surface area contributed by atoms with Crippen molar-refractivity contribution in [2.24, 2.45) is 0 Å². The zero-order valence-electron chi connectivity index (χ0n) is 8.41. The van der Waals surface area contributed by atoms with Crippen LogP contribution >= 0.6 is 7.94 Å². The van der Waals surface area contributed by atoms with Crippen molar-refractivity contribution in [1.29, 1.82) is 0 Å². The normalized spacial score (nSPS) is 16.1. The van der Waals surface area contributed by atoms with Gasteiger partial charge in [-0.1, -0.05) is 30.3 Å². The van der Waals surface area contributed by atoms with Crippen LogP contribution in [0.25, 0.3) is 0 Å². The molecule has 1 heterocycles. The number of hydrogen-bond donors (Lipinski definition) is 1. The maximum absolute atomic E-state index is 10.4. The first-order valence-corrected chi connectivity index (χ1v) is 6.51. The lowest BCUT2D eigenvalue weighted by Gasteiger charge is -2.08. The Morgan fingerprint density at radius 2 is 1.25 bits per heavy atom. The second kappa shape index (κ2) is 3.48. The standard InChI is InChI=1S/C12H10O3P/c13-16(10-6-2-1-3-7-10)14-11-8-4-5-9-12(11)15-16/h1-9,13H/q+1. The smallest absolute Gasteiger partial charge is 0.270 e. The molecule has 0 fully saturated rings. The highest BCUT2D eigenvalue weighted by molar-refractivity contribution is 7.69. The molecule has 3 rings (SSSR count). The van der Waals surface area contributed by atoms with E-state index in [0.29, 0.717) is 16.8 Å². The lowest BCUT2D eigenvalue weighted by atomic mass is 10.3. The van der Waals surface area contributed by atoms with Gasteiger partial charge in [-0.25, -0.2) is 0 Å². The summed E-state index contributed by atoms with van der Waals surface area (Å²) >= 11 is 0. The molecule has 3 nitrogen and oxygen atoms in total. The molecule has 4 heteroatoms. The minimum Gasteiger partial charge on any atom is -0.270 e. The summed E-state index contributed by atoms with van der Waals surface area (Å²) in [5.41, 5.74) is 0. The lowest BCUT2D eigenvalue weighted by molar-refractivity contribution is 0.408. The molecule has 0 saturated carbocycles. The Kier molecular flexibility index (Phi) is 2.10. The lowest BCUT2D eigenvalue weighted by Crippen LogP contribution is -2.16. The molecule has 0 aliphatic carbocycles. The molecule has 2 aromatic rings. The van der Waals surface area contributed by atoms with E-state index >= 15 is 0 Å². The van der Waals surface area contributed by atoms with Gasteiger partial charge in [0, 0.05) is 0 Å². The van der Waals surface area contributed by atoms with Crippen LogP contribution in [0.15, 0.2) is 54.6 Å². The Bertz CT molecular complexity index is 488. The molecule has 0 bridgehead atoms. The Labute approximate surface area is 93.8 Å². The number of rotatable bonds is 1. The van der Waals surface area contributed by atoms with Gasteiger partial charge in [-0.15, -0.1) is 0 Å². The van der Waals surface area contributed by atoms with Gasteiger partial charge in [0.25, 0.3) is 0 Å². The molecule has 0 radical (unpaired) electrons. The van der Waals surface area contributed by atoms with E-state index in [0.717, 1.165) is 0 Å². The first kappa shape index (κ1) is 9.64. The Morgan fingerprint density at radius 3 is 1.81 bits per heavy atom. The average Bonchev–Trinajstić information content (AvgIpc) is 2.68. The van der Waals surface area contributed by atoms with Crippen molar-refractivity contribution in [3.05, 3.63) is 54.6 Å². The number of fused-ring (bicyclic) bond motifs is 1. The second-order valence-corrected chi connectivity index (χ2v) is 5.41. The third-order valence-corrected chi connectivity index (χ3v) is 4.21. The fourth-order valence-corrected chi connectivity index (χ4v) is 3.24. The van der Waals surface area contributed by atoms with Crippen molar-refractivity contribution in [3.8, 4) is 11.5 Å². The third kappa shape index (κ3) is 1.45. The predicted molar refractivity (Wildman–Crippen MR) is 62.9 cm³/mol. The summed E-state index contributed by atoms with van der Waals surface area (Å²) in [4.78, 5) is 10.4. The molecule has 0 amide bonds. The first-order chi connectivity index (χ1) is 7.78. The van der Waals surface area contributed by atoms with E-state index in [2.05, 4.69) is 0 Å². The molecule has 1 N–H and O–H groups in total. The molecule has 0 atom stereocenters. The van der Waals surface area contributed by atoms with Gasteiger partial charge in [0.15, 0.2) is 0 Å². The van der Waals surface area contributed by atoms with Gasteiger partial charge in [0.05, 0.1) is 0 Å². The quantitative estimate of drug-likeness (QED) is 0.769. The Morgan fingerprint density at radius 1 is 0.750 bits per heavy atom. The minimum absolute atomic E-state index is 0.599. The van der Waals surface area contributed by atoms with Crippen LogP contribution in [-0.4, -0.2) is 4.89 Å². The Balaban J connectivity index is 2.01. The molecule has 16 heavy (non-hydrogen) atoms. The molecule has 1 aliphatic heterocycles. The summed E-state index contributed by atoms with van der Waals surface area (Å²) in [7, 11) is -2.95. The Hall–Kier alpha value is -1.57. The highest BCUT2D eigenvalue weighted by Gasteiger charge is 2.53. The molecule has 80 valence electrons. The molecule has 2 aromatic carbocycles. The summed E-state index contributed by atoms with van der Waals surface area (Å²) in [5.74, 6) is 1.20. The molecule has 0 saturated heterocycles. The van der Waals surface area contributed by atoms with E-state index in [9.17, 15) is 4.89 Å². The molecule has 0 aromatic heterocycles. The zero-order valence-corrected chi connectivity index (χ0v) is 9.30. The number of hydrogen-bond acceptors (Lipinski definition) is 3. The summed E-state index contributed by atoms with van der Waals surface area (Å²) in [6.07, 6.45) is 0. The topological polar surface area (TPSA) is 38.7 Å². The van der Waals surface area contributed by atoms with Crippen molar-refractivity contribution in [1.82, 2.24) is 0 Å². The summed E-state index contributed by atoms with van der Waals surface area (Å²) in [5, 5.41) is 0.686. The summed E-state index contributed by atoms with van der Waals surface area (Å²) < 4.78 is 11.0. The van der Waals surface area contributed by atoms with Gasteiger partial charge in [-0.3, -0.25) is 9.05 Å². The molecule has 0 spiro atoms. The van der Waals surface area contributed by atoms with E-state index in [4.69, 9.17) is 9.05 Å². The molecule has 1 aliphatic rings. The second-order valence-electron chi connectivity index (χ2n) is 3.49. The van der Waals surface area contributed by atoms with Gasteiger partial charge in [-0.2, -0.15) is 4.89 Å². The van der Waals surface area contributed by atoms with Gasteiger partial charge in [-0.05, 0) is 24.3 Å². The van der Waals surface area contributed by atoms with Crippen molar-refractivity contribution in [2.75, 3.05) is 0 Å². The maximum atomic E-state index is 10.4. The van der Waals surface area contributed by atoms with E-state index in [1.165, 1.54) is 0 Å². The molecular formula is C12H10O3P+. The average molecular weight is 233 g/mol. The van der Waals surface area contributed by atoms with Crippen LogP contribution in [0.3, 0.4) is 0 Å². The van der Waals surface area contributed by atoms with E-state index in [-0.39, 0.29) is 0 Å². The number of para-hydroxylation sites is 2. The third-order valence-electron chi connectivity index (χ3n) is 2.38. The fourth-order valence-electron chi connectivity index (χ4n) is 1.61. The largest absolute Gasteiger partial charge is 0.533 e. The predicted octanol–water partition coefficient (Wildman–Crippen LogP) is 2.54. The SMILES string of the molecule is O[P+]1(c2ccccc2)Oc2ccccc2O1. The highest BCUT2D eigenvalue weighted by atomic mass is 31.2. The van der Waals surface area contributed by atoms with Crippen LogP contribution in [0.2, 0.25) is 0 Å². The van der Waals surface area contributed by atoms with E-state index < -0.39 is 7.94 Å². The fraction of sp³-hybridized carbons (Fsp3) is 0. The summed E-state index contributed by atoms with van der Waals surface area (Å²) in [6.45, 7) is 0. The van der Waals surface area contributed by atoms with Crippen molar-refractivity contribution >= 4 is 13.2 Å². The van der Waals surface area contributed by atoms with Crippen LogP contribution in [-0.2, 0) is 0 Å². The number of benzene rings is 2. The van der Waals surface area contributed by atoms with Crippen molar-refractivity contribution in [3.63, 3.8) is 0 Å². The first-order valence-electron chi connectivity index (χ1n) is 4.94. The van der Waals surface area contributed by atoms with Gasteiger partial charge >= 0.3 is 7.94 Å². The van der Waals surface area contributed by atoms with Gasteiger partial charge in [0.2, 0.25) is 16.8 Å². The van der Waals surface area contributed by atoms with Crippen LogP contribution in [0.4, 0.5) is 0 Å². The van der Waals surface area contributed by atoms with Gasteiger partial charge < -0.3 is 0 Å². The van der Waals surface area contributed by atoms with Crippen LogP contribution in [0, 0.1) is 0 Å². The maximum Gasteiger partial charge on any atom is 0.533 e. The zero-order chi connectivity index (χ0) is 11.0. The van der Waals surface area contributed by atoms with Crippen LogP contribution in [0.1, 0.15) is 0 Å². The monoisotopic (exact) mass is 233 g/mol. The van der Waals surface area contributed by atoms with E-state index in [1.54, 1.807) is 24.3 Å².